The van der Waals surface area contributed by atoms with E-state index in [0.717, 1.165) is 22.3 Å². The monoisotopic (exact) mass is 567 g/mol. The molecule has 1 amide bonds. The van der Waals surface area contributed by atoms with Crippen molar-refractivity contribution in [3.63, 3.8) is 0 Å². The van der Waals surface area contributed by atoms with Crippen LogP contribution in [0.25, 0.3) is 11.3 Å². The quantitative estimate of drug-likeness (QED) is 0.351. The highest BCUT2D eigenvalue weighted by atomic mass is 127. The van der Waals surface area contributed by atoms with Gasteiger partial charge in [-0.3, -0.25) is 14.5 Å². The van der Waals surface area contributed by atoms with Crippen molar-refractivity contribution in [2.24, 2.45) is 4.90 Å². The van der Waals surface area contributed by atoms with Crippen molar-refractivity contribution in [1.29, 1.82) is 0 Å². The highest BCUT2D eigenvalue weighted by Gasteiger charge is 2.31. The summed E-state index contributed by atoms with van der Waals surface area (Å²) >= 11 is 1.89. The number of hydrogen-bond acceptors (Lipinski definition) is 7. The largest absolute Gasteiger partial charge is 0.483 e. The summed E-state index contributed by atoms with van der Waals surface area (Å²) < 4.78 is 4.89. The molecule has 0 atom stereocenters. The van der Waals surface area contributed by atoms with Crippen LogP contribution in [0.15, 0.2) is 41.6 Å². The average molecular weight is 567 g/mol. The number of rotatable bonds is 4. The highest BCUT2D eigenvalue weighted by Crippen LogP contribution is 2.28. The van der Waals surface area contributed by atoms with Crippen molar-refractivity contribution < 1.29 is 14.3 Å². The molecular weight excluding hydrogens is 544 g/mol. The number of fused-ring (bicyclic) bond motifs is 1. The smallest absolute Gasteiger partial charge is 0.431 e. The first kappa shape index (κ1) is 24.0. The second-order valence-electron chi connectivity index (χ2n) is 8.29. The number of anilines is 1. The zero-order chi connectivity index (χ0) is 24.6. The molecule has 0 aliphatic carbocycles. The van der Waals surface area contributed by atoms with Gasteiger partial charge in [0.2, 0.25) is 5.68 Å². The molecule has 1 aromatic carbocycles. The molecule has 0 unspecified atom stereocenters. The van der Waals surface area contributed by atoms with Crippen molar-refractivity contribution in [1.82, 2.24) is 15.0 Å². The molecule has 1 aliphatic heterocycles. The lowest BCUT2D eigenvalue weighted by molar-refractivity contribution is -0.112. The van der Waals surface area contributed by atoms with E-state index in [-0.39, 0.29) is 29.7 Å². The molecule has 0 bridgehead atoms. The molecule has 0 saturated heterocycles. The van der Waals surface area contributed by atoms with Crippen molar-refractivity contribution in [2.75, 3.05) is 18.6 Å². The Balaban J connectivity index is 1.61. The number of nitrogens with zero attached hydrogens (tertiary/aromatic N) is 5. The topological polar surface area (TPSA) is 97.6 Å². The Labute approximate surface area is 211 Å². The van der Waals surface area contributed by atoms with Gasteiger partial charge in [0.05, 0.1) is 5.69 Å². The van der Waals surface area contributed by atoms with E-state index < -0.39 is 4.70 Å². The molecule has 1 aliphatic rings. The van der Waals surface area contributed by atoms with Crippen LogP contribution in [0, 0.1) is 27.7 Å². The normalized spacial score (nSPS) is 14.5. The fourth-order valence-corrected chi connectivity index (χ4v) is 4.14. The summed E-state index contributed by atoms with van der Waals surface area (Å²) in [5.74, 6) is 0.595. The van der Waals surface area contributed by atoms with Crippen molar-refractivity contribution >= 4 is 50.2 Å². The molecule has 0 saturated carbocycles. The second kappa shape index (κ2) is 9.61. The van der Waals surface area contributed by atoms with Crippen LogP contribution in [0.5, 0.6) is 5.75 Å². The van der Waals surface area contributed by atoms with Crippen LogP contribution in [0.2, 0.25) is 0 Å². The summed E-state index contributed by atoms with van der Waals surface area (Å²) in [6.45, 7) is 7.83. The number of aryl methyl sites for hydroxylation is 4. The molecule has 34 heavy (non-hydrogen) atoms. The third-order valence-corrected chi connectivity index (χ3v) is 6.51. The third kappa shape index (κ3) is 4.72. The van der Waals surface area contributed by atoms with Gasteiger partial charge in [0, 0.05) is 25.0 Å². The maximum absolute atomic E-state index is 13.2. The Hall–Kier alpha value is -3.15. The van der Waals surface area contributed by atoms with Crippen molar-refractivity contribution in [2.45, 2.75) is 27.7 Å². The lowest BCUT2D eigenvalue weighted by Gasteiger charge is -2.15. The maximum atomic E-state index is 13.2. The SMILES string of the molecule is Cc1cnc2c(c1)OCC(=NB(I)C(=O)c1ncc(C)c(-c3ccc(C)c(C)c3)n1)C(=O)N2C. The van der Waals surface area contributed by atoms with Gasteiger partial charge < -0.3 is 9.64 Å². The Bertz CT molecular complexity index is 1340. The van der Waals surface area contributed by atoms with E-state index in [4.69, 9.17) is 4.74 Å². The van der Waals surface area contributed by atoms with E-state index in [1.165, 1.54) is 10.5 Å². The number of ether oxygens (including phenoxy) is 1. The fourth-order valence-electron chi connectivity index (χ4n) is 3.53. The van der Waals surface area contributed by atoms with Crippen LogP contribution < -0.4 is 9.64 Å². The first-order valence-corrected chi connectivity index (χ1v) is 11.9. The summed E-state index contributed by atoms with van der Waals surface area (Å²) in [6, 6.07) is 7.88. The van der Waals surface area contributed by atoms with Crippen LogP contribution in [-0.4, -0.2) is 50.6 Å². The van der Waals surface area contributed by atoms with E-state index in [2.05, 4.69) is 19.9 Å². The van der Waals surface area contributed by atoms with E-state index in [1.807, 2.05) is 74.3 Å². The molecule has 0 fully saturated rings. The Morgan fingerprint density at radius 1 is 1.09 bits per heavy atom. The minimum atomic E-state index is -0.889. The number of pyridine rings is 1. The second-order valence-corrected chi connectivity index (χ2v) is 9.47. The number of hydrogen-bond donors (Lipinski definition) is 0. The third-order valence-electron chi connectivity index (χ3n) is 5.66. The minimum absolute atomic E-state index is 0.0542. The zero-order valence-electron chi connectivity index (χ0n) is 19.6. The van der Waals surface area contributed by atoms with Gasteiger partial charge in [-0.05, 0) is 62.1 Å². The number of carbonyl (C=O) groups is 2. The molecule has 3 heterocycles. The first-order chi connectivity index (χ1) is 16.2. The van der Waals surface area contributed by atoms with Crippen LogP contribution >= 0.6 is 22.4 Å². The van der Waals surface area contributed by atoms with Crippen LogP contribution in [-0.2, 0) is 4.79 Å². The molecule has 8 nitrogen and oxygen atoms in total. The lowest BCUT2D eigenvalue weighted by atomic mass is 9.86. The van der Waals surface area contributed by atoms with Gasteiger partial charge in [-0.25, -0.2) is 15.0 Å². The number of halogens is 1. The molecule has 10 heteroatoms. The van der Waals surface area contributed by atoms with Crippen LogP contribution in [0.4, 0.5) is 5.82 Å². The molecule has 0 N–H and O–H groups in total. The van der Waals surface area contributed by atoms with Gasteiger partial charge in [-0.2, -0.15) is 0 Å². The van der Waals surface area contributed by atoms with Gasteiger partial charge >= 0.3 is 4.70 Å². The van der Waals surface area contributed by atoms with Gasteiger partial charge in [-0.1, -0.05) is 12.1 Å². The summed E-state index contributed by atoms with van der Waals surface area (Å²) in [7, 11) is 1.61. The summed E-state index contributed by atoms with van der Waals surface area (Å²) in [4.78, 5) is 45.0. The molecular formula is C24H23BIN5O3. The number of benzene rings is 1. The predicted molar refractivity (Wildman–Crippen MR) is 141 cm³/mol. The van der Waals surface area contributed by atoms with Crippen molar-refractivity contribution in [3.8, 4) is 17.0 Å². The summed E-state index contributed by atoms with van der Waals surface area (Å²) in [6.07, 6.45) is 3.31. The molecule has 0 radical (unpaired) electrons. The van der Waals surface area contributed by atoms with Crippen LogP contribution in [0.3, 0.4) is 0 Å². The first-order valence-electron chi connectivity index (χ1n) is 10.7. The zero-order valence-corrected chi connectivity index (χ0v) is 21.7. The Morgan fingerprint density at radius 3 is 2.59 bits per heavy atom. The van der Waals surface area contributed by atoms with Gasteiger partial charge in [-0.15, -0.1) is 22.4 Å². The highest BCUT2D eigenvalue weighted by molar-refractivity contribution is 14.1. The van der Waals surface area contributed by atoms with E-state index in [9.17, 15) is 9.59 Å². The molecule has 172 valence electrons. The maximum Gasteiger partial charge on any atom is 0.431 e. The molecule has 0 spiro atoms. The fraction of sp³-hybridized carbons (Fsp3) is 0.250. The summed E-state index contributed by atoms with van der Waals surface area (Å²) in [5, 5.41) is 0. The summed E-state index contributed by atoms with van der Waals surface area (Å²) in [5.41, 5.74) is 5.47. The molecule has 3 aromatic rings. The predicted octanol–water partition coefficient (Wildman–Crippen LogP) is 3.91. The molecule has 4 rings (SSSR count). The van der Waals surface area contributed by atoms with Crippen LogP contribution in [0.1, 0.15) is 32.9 Å². The van der Waals surface area contributed by atoms with Gasteiger partial charge in [0.1, 0.15) is 12.3 Å². The van der Waals surface area contributed by atoms with Gasteiger partial charge in [0.15, 0.2) is 17.4 Å². The minimum Gasteiger partial charge on any atom is -0.483 e. The van der Waals surface area contributed by atoms with E-state index in [1.54, 1.807) is 19.4 Å². The Morgan fingerprint density at radius 2 is 1.85 bits per heavy atom. The lowest BCUT2D eigenvalue weighted by Crippen LogP contribution is -2.36. The number of amides is 1. The number of aromatic nitrogens is 3. The Kier molecular flexibility index (Phi) is 6.78. The van der Waals surface area contributed by atoms with Gasteiger partial charge in [0.25, 0.3) is 5.91 Å². The average Bonchev–Trinajstić information content (AvgIpc) is 2.92. The van der Waals surface area contributed by atoms with E-state index >= 15 is 0 Å². The van der Waals surface area contributed by atoms with Crippen molar-refractivity contribution in [3.05, 3.63) is 64.7 Å². The number of carbonyl (C=O) groups excluding carboxylic acids is 2. The standard InChI is InChI=1S/C24H23BIN5O3/c1-13-8-19-23(28-10-13)31(5)24(33)18(12-34-19)30-25(26)21(32)22-27-11-16(4)20(29-22)17-7-6-14(2)15(3)9-17/h6-11H,12H2,1-5H3. The molecule has 2 aromatic heterocycles. The van der Waals surface area contributed by atoms with E-state index in [0.29, 0.717) is 17.3 Å².